The summed E-state index contributed by atoms with van der Waals surface area (Å²) < 4.78 is 1.84. The summed E-state index contributed by atoms with van der Waals surface area (Å²) in [6.45, 7) is 3.20. The van der Waals surface area contributed by atoms with Crippen LogP contribution in [0.3, 0.4) is 0 Å². The Morgan fingerprint density at radius 2 is 2.00 bits per heavy atom. The third-order valence-electron chi connectivity index (χ3n) is 3.87. The number of anilines is 2. The third-order valence-corrected chi connectivity index (χ3v) is 3.87. The molecule has 3 rings (SSSR count). The second-order valence-corrected chi connectivity index (χ2v) is 6.22. The van der Waals surface area contributed by atoms with Gasteiger partial charge in [0, 0.05) is 38.9 Å². The van der Waals surface area contributed by atoms with E-state index in [1.165, 1.54) is 0 Å². The van der Waals surface area contributed by atoms with Gasteiger partial charge in [0.1, 0.15) is 12.4 Å². The lowest BCUT2D eigenvalue weighted by Gasteiger charge is -2.14. The lowest BCUT2D eigenvalue weighted by atomic mass is 10.3. The van der Waals surface area contributed by atoms with Gasteiger partial charge in [0.05, 0.1) is 17.4 Å². The van der Waals surface area contributed by atoms with Gasteiger partial charge in [-0.25, -0.2) is 9.97 Å². The Labute approximate surface area is 152 Å². The maximum atomic E-state index is 12.1. The second-order valence-electron chi connectivity index (χ2n) is 6.22. The van der Waals surface area contributed by atoms with Crippen LogP contribution >= 0.6 is 0 Å². The van der Waals surface area contributed by atoms with E-state index in [0.29, 0.717) is 19.0 Å². The summed E-state index contributed by atoms with van der Waals surface area (Å²) in [7, 11) is 3.87. The minimum Gasteiger partial charge on any atom is -0.363 e. The van der Waals surface area contributed by atoms with Crippen molar-refractivity contribution >= 4 is 28.7 Å². The molecule has 0 atom stereocenters. The number of amides is 1. The van der Waals surface area contributed by atoms with Crippen LogP contribution in [0.2, 0.25) is 0 Å². The van der Waals surface area contributed by atoms with E-state index >= 15 is 0 Å². The Morgan fingerprint density at radius 1 is 1.19 bits per heavy atom. The number of hydrogen-bond acceptors (Lipinski definition) is 6. The molecule has 3 aromatic rings. The van der Waals surface area contributed by atoms with Crippen molar-refractivity contribution in [1.29, 1.82) is 0 Å². The molecule has 0 bridgehead atoms. The molecular weight excluding hydrogens is 330 g/mol. The van der Waals surface area contributed by atoms with Gasteiger partial charge >= 0.3 is 0 Å². The van der Waals surface area contributed by atoms with E-state index in [9.17, 15) is 4.79 Å². The number of benzene rings is 1. The molecule has 0 saturated heterocycles. The number of aryl methyl sites for hydroxylation is 1. The van der Waals surface area contributed by atoms with E-state index in [-0.39, 0.29) is 12.5 Å². The van der Waals surface area contributed by atoms with Crippen molar-refractivity contribution in [3.8, 4) is 0 Å². The van der Waals surface area contributed by atoms with Crippen LogP contribution in [0.4, 0.5) is 11.8 Å². The minimum absolute atomic E-state index is 0.0610. The number of carbonyl (C=O) groups is 1. The number of fused-ring (bicyclic) bond motifs is 1. The zero-order valence-corrected chi connectivity index (χ0v) is 15.2. The van der Waals surface area contributed by atoms with Crippen LogP contribution in [-0.4, -0.2) is 52.6 Å². The number of carbonyl (C=O) groups excluding carboxylic acids is 1. The van der Waals surface area contributed by atoms with Crippen molar-refractivity contribution in [3.05, 3.63) is 42.4 Å². The molecule has 2 aromatic heterocycles. The number of imidazole rings is 1. The predicted octanol–water partition coefficient (Wildman–Crippen LogP) is 1.43. The molecule has 0 aliphatic rings. The molecule has 2 heterocycles. The zero-order valence-electron chi connectivity index (χ0n) is 15.2. The van der Waals surface area contributed by atoms with Gasteiger partial charge in [0.2, 0.25) is 11.9 Å². The van der Waals surface area contributed by atoms with Gasteiger partial charge in [0.25, 0.3) is 0 Å². The lowest BCUT2D eigenvalue weighted by molar-refractivity contribution is -0.121. The standard InChI is InChI=1S/C18H23N7O/c1-13-10-16(24(2)3)23-18(22-13)20-9-8-19-17(26)11-25-12-21-14-6-4-5-7-15(14)25/h4-7,10,12H,8-9,11H2,1-3H3,(H,19,26)(H,20,22,23). The number of nitrogens with zero attached hydrogens (tertiary/aromatic N) is 5. The first-order valence-electron chi connectivity index (χ1n) is 8.46. The number of aromatic nitrogens is 4. The average Bonchev–Trinajstić information content (AvgIpc) is 3.01. The molecule has 0 aliphatic heterocycles. The maximum Gasteiger partial charge on any atom is 0.240 e. The fourth-order valence-electron chi connectivity index (χ4n) is 2.58. The summed E-state index contributed by atoms with van der Waals surface area (Å²) in [5, 5.41) is 6.03. The third kappa shape index (κ3) is 4.27. The molecule has 0 unspecified atom stereocenters. The summed E-state index contributed by atoms with van der Waals surface area (Å²) in [6.07, 6.45) is 1.69. The Morgan fingerprint density at radius 3 is 2.81 bits per heavy atom. The van der Waals surface area contributed by atoms with Crippen LogP contribution in [0.25, 0.3) is 11.0 Å². The van der Waals surface area contributed by atoms with Crippen LogP contribution in [-0.2, 0) is 11.3 Å². The Bertz CT molecular complexity index is 903. The molecule has 0 spiro atoms. The van der Waals surface area contributed by atoms with Gasteiger partial charge in [-0.3, -0.25) is 4.79 Å². The quantitative estimate of drug-likeness (QED) is 0.625. The van der Waals surface area contributed by atoms with E-state index in [1.807, 2.05) is 60.8 Å². The van der Waals surface area contributed by atoms with Crippen LogP contribution in [0, 0.1) is 6.92 Å². The summed E-state index contributed by atoms with van der Waals surface area (Å²) in [4.78, 5) is 27.1. The monoisotopic (exact) mass is 353 g/mol. The smallest absolute Gasteiger partial charge is 0.240 e. The molecule has 0 aliphatic carbocycles. The number of rotatable bonds is 7. The predicted molar refractivity (Wildman–Crippen MR) is 102 cm³/mol. The number of nitrogens with one attached hydrogen (secondary N) is 2. The highest BCUT2D eigenvalue weighted by Gasteiger charge is 2.07. The Kier molecular flexibility index (Phi) is 5.31. The van der Waals surface area contributed by atoms with E-state index in [4.69, 9.17) is 0 Å². The van der Waals surface area contributed by atoms with Crippen molar-refractivity contribution in [2.75, 3.05) is 37.4 Å². The molecule has 0 saturated carbocycles. The van der Waals surface area contributed by atoms with Gasteiger partial charge in [-0.05, 0) is 19.1 Å². The molecule has 136 valence electrons. The summed E-state index contributed by atoms with van der Waals surface area (Å²) in [5.41, 5.74) is 2.72. The van der Waals surface area contributed by atoms with Crippen molar-refractivity contribution in [1.82, 2.24) is 24.8 Å². The zero-order chi connectivity index (χ0) is 18.5. The molecule has 0 radical (unpaired) electrons. The fourth-order valence-corrected chi connectivity index (χ4v) is 2.58. The highest BCUT2D eigenvalue weighted by Crippen LogP contribution is 2.12. The highest BCUT2D eigenvalue weighted by atomic mass is 16.1. The fraction of sp³-hybridized carbons (Fsp3) is 0.333. The van der Waals surface area contributed by atoms with Crippen LogP contribution in [0.5, 0.6) is 0 Å². The summed E-state index contributed by atoms with van der Waals surface area (Å²) in [6, 6.07) is 9.67. The molecule has 8 heteroatoms. The van der Waals surface area contributed by atoms with Crippen molar-refractivity contribution in [2.24, 2.45) is 0 Å². The van der Waals surface area contributed by atoms with E-state index in [0.717, 1.165) is 22.5 Å². The van der Waals surface area contributed by atoms with E-state index in [2.05, 4.69) is 25.6 Å². The van der Waals surface area contributed by atoms with Gasteiger partial charge in [-0.1, -0.05) is 12.1 Å². The van der Waals surface area contributed by atoms with Gasteiger partial charge in [0.15, 0.2) is 0 Å². The molecule has 8 nitrogen and oxygen atoms in total. The lowest BCUT2D eigenvalue weighted by Crippen LogP contribution is -2.31. The Balaban J connectivity index is 1.48. The van der Waals surface area contributed by atoms with Crippen molar-refractivity contribution < 1.29 is 4.79 Å². The van der Waals surface area contributed by atoms with E-state index in [1.54, 1.807) is 6.33 Å². The largest absolute Gasteiger partial charge is 0.363 e. The Hall–Kier alpha value is -3.16. The molecule has 1 amide bonds. The van der Waals surface area contributed by atoms with Crippen molar-refractivity contribution in [2.45, 2.75) is 13.5 Å². The first-order valence-corrected chi connectivity index (χ1v) is 8.46. The normalized spacial score (nSPS) is 10.7. The van der Waals surface area contributed by atoms with Gasteiger partial charge < -0.3 is 20.1 Å². The average molecular weight is 353 g/mol. The summed E-state index contributed by atoms with van der Waals surface area (Å²) >= 11 is 0. The second kappa shape index (κ2) is 7.81. The first kappa shape index (κ1) is 17.7. The van der Waals surface area contributed by atoms with Crippen LogP contribution in [0.1, 0.15) is 5.69 Å². The molecule has 26 heavy (non-hydrogen) atoms. The van der Waals surface area contributed by atoms with Crippen LogP contribution < -0.4 is 15.5 Å². The number of hydrogen-bond donors (Lipinski definition) is 2. The van der Waals surface area contributed by atoms with Gasteiger partial charge in [-0.2, -0.15) is 4.98 Å². The molecular formula is C18H23N7O. The molecule has 1 aromatic carbocycles. The molecule has 0 fully saturated rings. The van der Waals surface area contributed by atoms with Crippen molar-refractivity contribution in [3.63, 3.8) is 0 Å². The topological polar surface area (TPSA) is 88.0 Å². The summed E-state index contributed by atoms with van der Waals surface area (Å²) in [5.74, 6) is 1.34. The molecule has 2 N–H and O–H groups in total. The number of para-hydroxylation sites is 2. The first-order chi connectivity index (χ1) is 12.5. The highest BCUT2D eigenvalue weighted by molar-refractivity contribution is 5.80. The minimum atomic E-state index is -0.0610. The SMILES string of the molecule is Cc1cc(N(C)C)nc(NCCNC(=O)Cn2cnc3ccccc32)n1. The van der Waals surface area contributed by atoms with E-state index < -0.39 is 0 Å². The van der Waals surface area contributed by atoms with Crippen LogP contribution in [0.15, 0.2) is 36.7 Å². The van der Waals surface area contributed by atoms with Gasteiger partial charge in [-0.15, -0.1) is 0 Å². The maximum absolute atomic E-state index is 12.1.